The molecule has 0 radical (unpaired) electrons. The van der Waals surface area contributed by atoms with Gasteiger partial charge >= 0.3 is 17.9 Å². The van der Waals surface area contributed by atoms with Gasteiger partial charge in [-0.2, -0.15) is 5.10 Å². The van der Waals surface area contributed by atoms with Gasteiger partial charge in [0.15, 0.2) is 5.60 Å². The number of aliphatic carboxylic acids is 3. The minimum atomic E-state index is -2.74. The third-order valence-corrected chi connectivity index (χ3v) is 6.26. The topological polar surface area (TPSA) is 172 Å². The molecule has 0 spiro atoms. The fourth-order valence-corrected chi connectivity index (χ4v) is 4.25. The molecule has 2 heterocycles. The highest BCUT2D eigenvalue weighted by molar-refractivity contribution is 5.88. The third kappa shape index (κ3) is 9.12. The summed E-state index contributed by atoms with van der Waals surface area (Å²) in [6.45, 7) is 8.74. The molecule has 1 saturated heterocycles. The van der Waals surface area contributed by atoms with E-state index in [0.29, 0.717) is 6.10 Å². The highest BCUT2D eigenvalue weighted by Gasteiger charge is 2.40. The maximum absolute atomic E-state index is 10.3. The summed E-state index contributed by atoms with van der Waals surface area (Å²) in [5.41, 5.74) is 1.01. The number of aryl methyl sites for hydroxylation is 1. The lowest BCUT2D eigenvalue weighted by Crippen LogP contribution is -2.42. The van der Waals surface area contributed by atoms with E-state index in [2.05, 4.69) is 40.7 Å². The van der Waals surface area contributed by atoms with Gasteiger partial charge in [-0.3, -0.25) is 19.2 Å². The number of nitrogens with zero attached hydrogens (tertiary/aromatic N) is 3. The molecule has 1 aromatic carbocycles. The number of carboxylic acids is 3. The van der Waals surface area contributed by atoms with E-state index in [1.54, 1.807) is 7.11 Å². The van der Waals surface area contributed by atoms with Crippen LogP contribution in [-0.4, -0.2) is 85.0 Å². The van der Waals surface area contributed by atoms with E-state index < -0.39 is 36.4 Å². The number of carboxylic acid groups (broad SMARTS) is 3. The second-order valence-corrected chi connectivity index (χ2v) is 9.17. The van der Waals surface area contributed by atoms with E-state index in [1.165, 1.54) is 23.2 Å². The summed E-state index contributed by atoms with van der Waals surface area (Å²) in [4.78, 5) is 32.9. The van der Waals surface area contributed by atoms with Crippen LogP contribution in [0.25, 0.3) is 0 Å². The Morgan fingerprint density at radius 1 is 1.13 bits per heavy atom. The SMILES string of the molecule is CCn1ncc(CN(Cc2ccccc2OC)CC2CCCO2)c1C.O=C(O)CC(O)(CC(=O)O)C(=O)O. The van der Waals surface area contributed by atoms with Crippen LogP contribution in [0.5, 0.6) is 5.75 Å². The Labute approximate surface area is 221 Å². The summed E-state index contributed by atoms with van der Waals surface area (Å²) in [6.07, 6.45) is 2.36. The average Bonchev–Trinajstić information content (AvgIpc) is 3.48. The van der Waals surface area contributed by atoms with Crippen LogP contribution in [0.15, 0.2) is 30.5 Å². The summed E-state index contributed by atoms with van der Waals surface area (Å²) in [5.74, 6) is -4.07. The summed E-state index contributed by atoms with van der Waals surface area (Å²) in [6, 6.07) is 8.26. The second kappa shape index (κ2) is 14.5. The Morgan fingerprint density at radius 3 is 2.26 bits per heavy atom. The molecule has 1 aliphatic rings. The molecule has 1 atom stereocenters. The predicted octanol–water partition coefficient (Wildman–Crippen LogP) is 2.15. The number of rotatable bonds is 13. The lowest BCUT2D eigenvalue weighted by Gasteiger charge is -2.26. The molecule has 1 unspecified atom stereocenters. The van der Waals surface area contributed by atoms with E-state index >= 15 is 0 Å². The first-order chi connectivity index (χ1) is 18.0. The average molecular weight is 536 g/mol. The standard InChI is InChI=1S/C20H29N3O2.C6H8O7/c1-4-23-16(2)18(12-21-23)14-22(15-19-9-7-11-25-19)13-17-8-5-6-10-20(17)24-3;7-3(8)1-6(13,5(11)12)2-4(9)10/h5-6,8,10,12,19H,4,7,9,11,13-15H2,1-3H3;13H,1-2H2,(H,7,8)(H,9,10)(H,11,12). The van der Waals surface area contributed by atoms with Crippen molar-refractivity contribution >= 4 is 17.9 Å². The number of methoxy groups -OCH3 is 1. The normalized spacial score (nSPS) is 15.1. The van der Waals surface area contributed by atoms with Crippen molar-refractivity contribution in [2.45, 2.75) is 70.9 Å². The number of ether oxygens (including phenoxy) is 2. The second-order valence-electron chi connectivity index (χ2n) is 9.17. The monoisotopic (exact) mass is 535 g/mol. The Hall–Kier alpha value is -3.48. The van der Waals surface area contributed by atoms with Crippen molar-refractivity contribution in [3.63, 3.8) is 0 Å². The van der Waals surface area contributed by atoms with Crippen LogP contribution in [0.4, 0.5) is 0 Å². The fraction of sp³-hybridized carbons (Fsp3) is 0.538. The Balaban J connectivity index is 0.000000332. The molecule has 1 fully saturated rings. The summed E-state index contributed by atoms with van der Waals surface area (Å²) in [7, 11) is 1.73. The van der Waals surface area contributed by atoms with E-state index in [4.69, 9.17) is 29.9 Å². The molecule has 0 amide bonds. The van der Waals surface area contributed by atoms with Crippen molar-refractivity contribution in [3.8, 4) is 5.75 Å². The van der Waals surface area contributed by atoms with Crippen LogP contribution in [-0.2, 0) is 38.8 Å². The smallest absolute Gasteiger partial charge is 0.336 e. The molecular formula is C26H37N3O9. The first-order valence-corrected chi connectivity index (χ1v) is 12.4. The number of aromatic nitrogens is 2. The van der Waals surface area contributed by atoms with Gasteiger partial charge in [-0.05, 0) is 32.8 Å². The lowest BCUT2D eigenvalue weighted by molar-refractivity contribution is -0.170. The summed E-state index contributed by atoms with van der Waals surface area (Å²) >= 11 is 0. The first kappa shape index (κ1) is 30.7. The van der Waals surface area contributed by atoms with Gasteiger partial charge < -0.3 is 29.9 Å². The van der Waals surface area contributed by atoms with Gasteiger partial charge in [0.05, 0.1) is 32.3 Å². The number of para-hydroxylation sites is 1. The van der Waals surface area contributed by atoms with Gasteiger partial charge in [0, 0.05) is 49.6 Å². The molecule has 0 aliphatic carbocycles. The van der Waals surface area contributed by atoms with Gasteiger partial charge in [0.1, 0.15) is 5.75 Å². The van der Waals surface area contributed by atoms with Gasteiger partial charge in [-0.1, -0.05) is 18.2 Å². The van der Waals surface area contributed by atoms with Crippen LogP contribution in [0.2, 0.25) is 0 Å². The Bertz CT molecular complexity index is 1060. The number of hydrogen-bond donors (Lipinski definition) is 4. The summed E-state index contributed by atoms with van der Waals surface area (Å²) in [5, 5.41) is 38.3. The van der Waals surface area contributed by atoms with Crippen molar-refractivity contribution in [2.24, 2.45) is 0 Å². The predicted molar refractivity (Wildman–Crippen MR) is 136 cm³/mol. The van der Waals surface area contributed by atoms with Gasteiger partial charge in [0.2, 0.25) is 0 Å². The molecule has 1 aromatic heterocycles. The molecule has 210 valence electrons. The van der Waals surface area contributed by atoms with Crippen LogP contribution >= 0.6 is 0 Å². The fourth-order valence-electron chi connectivity index (χ4n) is 4.25. The minimum Gasteiger partial charge on any atom is -0.496 e. The van der Waals surface area contributed by atoms with Gasteiger partial charge in [0.25, 0.3) is 0 Å². The zero-order valence-corrected chi connectivity index (χ0v) is 22.0. The molecule has 4 N–H and O–H groups in total. The maximum Gasteiger partial charge on any atom is 0.336 e. The Kier molecular flexibility index (Phi) is 11.7. The molecule has 0 bridgehead atoms. The van der Waals surface area contributed by atoms with Crippen molar-refractivity contribution in [1.29, 1.82) is 0 Å². The van der Waals surface area contributed by atoms with Crippen LogP contribution in [0, 0.1) is 6.92 Å². The third-order valence-electron chi connectivity index (χ3n) is 6.26. The van der Waals surface area contributed by atoms with Gasteiger partial charge in [-0.15, -0.1) is 0 Å². The van der Waals surface area contributed by atoms with E-state index in [9.17, 15) is 14.4 Å². The lowest BCUT2D eigenvalue weighted by atomic mass is 9.96. The minimum absolute atomic E-state index is 0.330. The van der Waals surface area contributed by atoms with E-state index in [-0.39, 0.29) is 0 Å². The van der Waals surface area contributed by atoms with Crippen molar-refractivity contribution in [1.82, 2.24) is 14.7 Å². The molecular weight excluding hydrogens is 498 g/mol. The molecule has 12 nitrogen and oxygen atoms in total. The van der Waals surface area contributed by atoms with E-state index in [0.717, 1.165) is 45.0 Å². The molecule has 1 aliphatic heterocycles. The van der Waals surface area contributed by atoms with Gasteiger partial charge in [-0.25, -0.2) is 4.79 Å². The summed E-state index contributed by atoms with van der Waals surface area (Å²) < 4.78 is 13.5. The van der Waals surface area contributed by atoms with Crippen LogP contribution in [0.3, 0.4) is 0 Å². The van der Waals surface area contributed by atoms with Crippen LogP contribution < -0.4 is 4.74 Å². The number of carbonyl (C=O) groups is 3. The largest absolute Gasteiger partial charge is 0.496 e. The van der Waals surface area contributed by atoms with Crippen molar-refractivity contribution in [2.75, 3.05) is 20.3 Å². The first-order valence-electron chi connectivity index (χ1n) is 12.4. The molecule has 3 rings (SSSR count). The highest BCUT2D eigenvalue weighted by Crippen LogP contribution is 2.23. The quantitative estimate of drug-likeness (QED) is 0.296. The Morgan fingerprint density at radius 2 is 1.76 bits per heavy atom. The number of aliphatic hydroxyl groups is 1. The zero-order valence-electron chi connectivity index (χ0n) is 22.0. The molecule has 2 aromatic rings. The van der Waals surface area contributed by atoms with Crippen LogP contribution in [0.1, 0.15) is 49.4 Å². The zero-order chi connectivity index (χ0) is 28.3. The molecule has 0 saturated carbocycles. The van der Waals surface area contributed by atoms with E-state index in [1.807, 2.05) is 18.3 Å². The molecule has 38 heavy (non-hydrogen) atoms. The van der Waals surface area contributed by atoms with Crippen molar-refractivity contribution < 1.29 is 44.3 Å². The van der Waals surface area contributed by atoms with Crippen molar-refractivity contribution in [3.05, 3.63) is 47.3 Å². The maximum atomic E-state index is 10.3. The highest BCUT2D eigenvalue weighted by atomic mass is 16.5. The molecule has 12 heteroatoms. The number of benzene rings is 1. The number of hydrogen-bond acceptors (Lipinski definition) is 8.